The molecule has 0 amide bonds. The van der Waals surface area contributed by atoms with Crippen molar-refractivity contribution < 1.29 is 14.3 Å². The van der Waals surface area contributed by atoms with Crippen LogP contribution < -0.4 is 5.32 Å². The van der Waals surface area contributed by atoms with Crippen molar-refractivity contribution >= 4 is 22.4 Å². The molecule has 0 saturated carbocycles. The highest BCUT2D eigenvalue weighted by Crippen LogP contribution is 2.15. The van der Waals surface area contributed by atoms with E-state index in [1.54, 1.807) is 0 Å². The zero-order chi connectivity index (χ0) is 13.2. The molecule has 18 heavy (non-hydrogen) atoms. The number of thiazole rings is 1. The lowest BCUT2D eigenvalue weighted by Crippen LogP contribution is -2.07. The predicted octanol–water partition coefficient (Wildman–Crippen LogP) is 2.09. The monoisotopic (exact) mass is 272 g/mol. The first-order chi connectivity index (χ1) is 8.76. The molecule has 0 atom stereocenters. The largest absolute Gasteiger partial charge is 0.469 e. The van der Waals surface area contributed by atoms with Gasteiger partial charge in [0, 0.05) is 25.1 Å². The van der Waals surface area contributed by atoms with E-state index in [-0.39, 0.29) is 12.4 Å². The zero-order valence-electron chi connectivity index (χ0n) is 10.9. The lowest BCUT2D eigenvalue weighted by atomic mass is 10.3. The first-order valence-electron chi connectivity index (χ1n) is 6.09. The molecule has 1 aromatic heterocycles. The molecular weight excluding hydrogens is 252 g/mol. The average Bonchev–Trinajstić information content (AvgIpc) is 2.81. The number of anilines is 1. The van der Waals surface area contributed by atoms with Gasteiger partial charge in [0.25, 0.3) is 0 Å². The molecule has 1 N–H and O–H groups in total. The van der Waals surface area contributed by atoms with Crippen molar-refractivity contribution in [1.82, 2.24) is 4.98 Å². The summed E-state index contributed by atoms with van der Waals surface area (Å²) in [6, 6.07) is 0. The number of esters is 1. The number of hydrogen-bond acceptors (Lipinski definition) is 6. The first kappa shape index (κ1) is 14.9. The predicted molar refractivity (Wildman–Crippen MR) is 72.1 cm³/mol. The third kappa shape index (κ3) is 5.97. The van der Waals surface area contributed by atoms with Gasteiger partial charge in [-0.15, -0.1) is 11.3 Å². The average molecular weight is 272 g/mol. The highest BCUT2D eigenvalue weighted by molar-refractivity contribution is 7.13. The van der Waals surface area contributed by atoms with Gasteiger partial charge in [-0.25, -0.2) is 4.98 Å². The number of rotatable bonds is 9. The van der Waals surface area contributed by atoms with Gasteiger partial charge in [-0.05, 0) is 12.8 Å². The summed E-state index contributed by atoms with van der Waals surface area (Å²) in [5.41, 5.74) is 0.747. The van der Waals surface area contributed by atoms with Crippen molar-refractivity contribution in [2.24, 2.45) is 0 Å². The van der Waals surface area contributed by atoms with E-state index < -0.39 is 0 Å². The van der Waals surface area contributed by atoms with Crippen molar-refractivity contribution in [3.63, 3.8) is 0 Å². The van der Waals surface area contributed by atoms with Gasteiger partial charge in [0.2, 0.25) is 0 Å². The van der Waals surface area contributed by atoms with Gasteiger partial charge in [-0.2, -0.15) is 0 Å². The van der Waals surface area contributed by atoms with Gasteiger partial charge < -0.3 is 14.8 Å². The molecule has 0 spiro atoms. The quantitative estimate of drug-likeness (QED) is 0.551. The number of aromatic nitrogens is 1. The van der Waals surface area contributed by atoms with E-state index in [1.807, 2.05) is 5.38 Å². The Morgan fingerprint density at radius 2 is 2.33 bits per heavy atom. The second kappa shape index (κ2) is 8.88. The maximum Gasteiger partial charge on any atom is 0.311 e. The topological polar surface area (TPSA) is 60.5 Å². The minimum atomic E-state index is -0.264. The summed E-state index contributed by atoms with van der Waals surface area (Å²) in [5.74, 6) is -0.264. The molecule has 0 unspecified atom stereocenters. The Balaban J connectivity index is 2.17. The molecule has 0 fully saturated rings. The maximum absolute atomic E-state index is 11.1. The molecule has 0 aliphatic carbocycles. The maximum atomic E-state index is 11.1. The van der Waals surface area contributed by atoms with Gasteiger partial charge in [-0.3, -0.25) is 4.79 Å². The second-order valence-electron chi connectivity index (χ2n) is 3.79. The highest BCUT2D eigenvalue weighted by atomic mass is 32.1. The van der Waals surface area contributed by atoms with Crippen LogP contribution in [-0.4, -0.2) is 37.8 Å². The number of nitrogens with zero attached hydrogens (tertiary/aromatic N) is 1. The standard InChI is InChI=1S/C12H20N2O3S/c1-3-6-17-7-4-5-13-12-14-10(9-18-12)8-11(15)16-2/h9H,3-8H2,1-2H3,(H,13,14). The van der Waals surface area contributed by atoms with Crippen LogP contribution in [-0.2, 0) is 20.7 Å². The fourth-order valence-corrected chi connectivity index (χ4v) is 2.04. The molecule has 0 bridgehead atoms. The van der Waals surface area contributed by atoms with E-state index in [2.05, 4.69) is 22.0 Å². The van der Waals surface area contributed by atoms with Crippen LogP contribution in [0.25, 0.3) is 0 Å². The zero-order valence-corrected chi connectivity index (χ0v) is 11.7. The summed E-state index contributed by atoms with van der Waals surface area (Å²) in [5, 5.41) is 5.91. The van der Waals surface area contributed by atoms with Crippen molar-refractivity contribution in [2.75, 3.05) is 32.2 Å². The summed E-state index contributed by atoms with van der Waals surface area (Å²) in [4.78, 5) is 15.4. The van der Waals surface area contributed by atoms with E-state index in [9.17, 15) is 4.79 Å². The Hall–Kier alpha value is -1.14. The van der Waals surface area contributed by atoms with Crippen LogP contribution in [0.1, 0.15) is 25.5 Å². The van der Waals surface area contributed by atoms with Gasteiger partial charge in [-0.1, -0.05) is 6.92 Å². The third-order valence-corrected chi connectivity index (χ3v) is 3.04. The summed E-state index contributed by atoms with van der Waals surface area (Å²) in [6.45, 7) is 4.51. The van der Waals surface area contributed by atoms with Crippen LogP contribution in [0.2, 0.25) is 0 Å². The number of ether oxygens (including phenoxy) is 2. The van der Waals surface area contributed by atoms with E-state index in [0.717, 1.165) is 43.4 Å². The fraction of sp³-hybridized carbons (Fsp3) is 0.667. The molecule has 102 valence electrons. The van der Waals surface area contributed by atoms with Crippen molar-refractivity contribution in [2.45, 2.75) is 26.2 Å². The lowest BCUT2D eigenvalue weighted by molar-refractivity contribution is -0.139. The molecule has 6 heteroatoms. The summed E-state index contributed by atoms with van der Waals surface area (Å²) >= 11 is 1.50. The van der Waals surface area contributed by atoms with Crippen molar-refractivity contribution in [3.05, 3.63) is 11.1 Å². The Kier molecular flexibility index (Phi) is 7.36. The van der Waals surface area contributed by atoms with E-state index in [0.29, 0.717) is 0 Å². The molecule has 1 heterocycles. The van der Waals surface area contributed by atoms with Crippen LogP contribution in [0, 0.1) is 0 Å². The van der Waals surface area contributed by atoms with Gasteiger partial charge in [0.1, 0.15) is 0 Å². The van der Waals surface area contributed by atoms with Crippen molar-refractivity contribution in [3.8, 4) is 0 Å². The number of methoxy groups -OCH3 is 1. The Morgan fingerprint density at radius 3 is 3.06 bits per heavy atom. The van der Waals surface area contributed by atoms with Crippen LogP contribution in [0.5, 0.6) is 0 Å². The van der Waals surface area contributed by atoms with Crippen LogP contribution in [0.15, 0.2) is 5.38 Å². The summed E-state index contributed by atoms with van der Waals surface area (Å²) < 4.78 is 9.96. The normalized spacial score (nSPS) is 10.3. The lowest BCUT2D eigenvalue weighted by Gasteiger charge is -2.03. The van der Waals surface area contributed by atoms with Gasteiger partial charge in [0.05, 0.1) is 19.2 Å². The second-order valence-corrected chi connectivity index (χ2v) is 4.65. The molecular formula is C12H20N2O3S. The number of nitrogens with one attached hydrogen (secondary N) is 1. The fourth-order valence-electron chi connectivity index (χ4n) is 1.31. The number of carbonyl (C=O) groups is 1. The van der Waals surface area contributed by atoms with Gasteiger partial charge >= 0.3 is 5.97 Å². The molecule has 0 saturated heterocycles. The minimum Gasteiger partial charge on any atom is -0.469 e. The summed E-state index contributed by atoms with van der Waals surface area (Å²) in [6.07, 6.45) is 2.23. The third-order valence-electron chi connectivity index (χ3n) is 2.20. The molecule has 5 nitrogen and oxygen atoms in total. The molecule has 1 aromatic rings. The van der Waals surface area contributed by atoms with Gasteiger partial charge in [0.15, 0.2) is 5.13 Å². The van der Waals surface area contributed by atoms with E-state index >= 15 is 0 Å². The Morgan fingerprint density at radius 1 is 1.50 bits per heavy atom. The molecule has 0 aromatic carbocycles. The van der Waals surface area contributed by atoms with Crippen LogP contribution in [0.3, 0.4) is 0 Å². The Labute approximate surface area is 112 Å². The highest BCUT2D eigenvalue weighted by Gasteiger charge is 2.06. The number of hydrogen-bond donors (Lipinski definition) is 1. The first-order valence-corrected chi connectivity index (χ1v) is 6.97. The summed E-state index contributed by atoms with van der Waals surface area (Å²) in [7, 11) is 1.38. The van der Waals surface area contributed by atoms with Crippen LogP contribution >= 0.6 is 11.3 Å². The number of carbonyl (C=O) groups excluding carboxylic acids is 1. The smallest absolute Gasteiger partial charge is 0.311 e. The molecule has 0 radical (unpaired) electrons. The molecule has 0 aliphatic rings. The SMILES string of the molecule is CCCOCCCNc1nc(CC(=O)OC)cs1. The Bertz CT molecular complexity index is 355. The van der Waals surface area contributed by atoms with E-state index in [4.69, 9.17) is 4.74 Å². The molecule has 0 aliphatic heterocycles. The minimum absolute atomic E-state index is 0.230. The molecule has 1 rings (SSSR count). The van der Waals surface area contributed by atoms with E-state index in [1.165, 1.54) is 18.4 Å². The van der Waals surface area contributed by atoms with Crippen LogP contribution in [0.4, 0.5) is 5.13 Å². The van der Waals surface area contributed by atoms with Crippen molar-refractivity contribution in [1.29, 1.82) is 0 Å².